The van der Waals surface area contributed by atoms with E-state index in [-0.39, 0.29) is 12.3 Å². The molecule has 0 aliphatic heterocycles. The second kappa shape index (κ2) is 7.98. The molecule has 1 atom stereocenters. The second-order valence-electron chi connectivity index (χ2n) is 4.05. The van der Waals surface area contributed by atoms with Crippen LogP contribution >= 0.6 is 11.8 Å². The number of aliphatic hydroxyl groups is 2. The molecule has 0 aliphatic rings. The third kappa shape index (κ3) is 5.46. The van der Waals surface area contributed by atoms with Crippen LogP contribution in [0.1, 0.15) is 13.3 Å². The van der Waals surface area contributed by atoms with E-state index in [1.807, 2.05) is 6.92 Å². The van der Waals surface area contributed by atoms with Crippen molar-refractivity contribution >= 4 is 23.1 Å². The fourth-order valence-electron chi connectivity index (χ4n) is 1.39. The largest absolute Gasteiger partial charge is 0.394 e. The van der Waals surface area contributed by atoms with Crippen LogP contribution in [0, 0.1) is 10.1 Å². The van der Waals surface area contributed by atoms with Gasteiger partial charge >= 0.3 is 0 Å². The summed E-state index contributed by atoms with van der Waals surface area (Å²) >= 11 is 1.28. The molecule has 19 heavy (non-hydrogen) atoms. The predicted molar refractivity (Wildman–Crippen MR) is 75.7 cm³/mol. The average molecular weight is 286 g/mol. The average Bonchev–Trinajstić information content (AvgIpc) is 2.42. The van der Waals surface area contributed by atoms with Crippen molar-refractivity contribution in [2.45, 2.75) is 24.3 Å². The summed E-state index contributed by atoms with van der Waals surface area (Å²) in [4.78, 5) is 11.1. The Morgan fingerprint density at radius 2 is 2.21 bits per heavy atom. The van der Waals surface area contributed by atoms with E-state index in [1.54, 1.807) is 6.07 Å². The van der Waals surface area contributed by atoms with Crippen LogP contribution in [0.5, 0.6) is 0 Å². The summed E-state index contributed by atoms with van der Waals surface area (Å²) in [5, 5.41) is 32.0. The van der Waals surface area contributed by atoms with Gasteiger partial charge in [0.05, 0.1) is 17.6 Å². The maximum atomic E-state index is 10.9. The number of thioether (sulfide) groups is 1. The highest BCUT2D eigenvalue weighted by molar-refractivity contribution is 7.99. The molecule has 0 heterocycles. The van der Waals surface area contributed by atoms with Crippen molar-refractivity contribution in [2.24, 2.45) is 0 Å². The van der Waals surface area contributed by atoms with E-state index in [0.29, 0.717) is 16.3 Å². The minimum atomic E-state index is -0.823. The van der Waals surface area contributed by atoms with Gasteiger partial charge in [-0.05, 0) is 12.5 Å². The van der Waals surface area contributed by atoms with Crippen LogP contribution < -0.4 is 5.32 Å². The molecule has 3 N–H and O–H groups in total. The first-order valence-electron chi connectivity index (χ1n) is 6.02. The van der Waals surface area contributed by atoms with Crippen LogP contribution in [0.3, 0.4) is 0 Å². The zero-order chi connectivity index (χ0) is 14.3. The number of non-ortho nitro benzene ring substituents is 1. The Kier molecular flexibility index (Phi) is 6.61. The minimum absolute atomic E-state index is 0.0158. The monoisotopic (exact) mass is 286 g/mol. The number of rotatable bonds is 8. The topological polar surface area (TPSA) is 95.6 Å². The van der Waals surface area contributed by atoms with Crippen molar-refractivity contribution in [3.63, 3.8) is 0 Å². The fourth-order valence-corrected chi connectivity index (χ4v) is 2.29. The van der Waals surface area contributed by atoms with Gasteiger partial charge in [-0.15, -0.1) is 11.8 Å². The Labute approximate surface area is 116 Å². The lowest BCUT2D eigenvalue weighted by atomic mass is 10.2. The molecule has 0 spiro atoms. The Morgan fingerprint density at radius 1 is 1.47 bits per heavy atom. The van der Waals surface area contributed by atoms with Gasteiger partial charge < -0.3 is 15.5 Å². The molecule has 106 valence electrons. The number of anilines is 1. The predicted octanol–water partition coefficient (Wildman–Crippen LogP) is 1.86. The fraction of sp³-hybridized carbons (Fsp3) is 0.500. The molecule has 0 bridgehead atoms. The number of nitro benzene ring substituents is 1. The highest BCUT2D eigenvalue weighted by Gasteiger charge is 2.11. The number of nitrogens with zero attached hydrogens (tertiary/aromatic N) is 1. The lowest BCUT2D eigenvalue weighted by molar-refractivity contribution is -0.385. The van der Waals surface area contributed by atoms with Crippen LogP contribution in [-0.4, -0.2) is 40.1 Å². The van der Waals surface area contributed by atoms with Crippen molar-refractivity contribution in [3.05, 3.63) is 28.3 Å². The lowest BCUT2D eigenvalue weighted by Gasteiger charge is -2.09. The van der Waals surface area contributed by atoms with E-state index in [4.69, 9.17) is 5.11 Å². The molecule has 0 radical (unpaired) electrons. The Morgan fingerprint density at radius 3 is 2.79 bits per heavy atom. The van der Waals surface area contributed by atoms with Gasteiger partial charge in [0.25, 0.3) is 5.69 Å². The van der Waals surface area contributed by atoms with Gasteiger partial charge in [0, 0.05) is 35.0 Å². The number of hydrogen-bond acceptors (Lipinski definition) is 6. The lowest BCUT2D eigenvalue weighted by Crippen LogP contribution is -2.14. The zero-order valence-electron chi connectivity index (χ0n) is 10.7. The third-order valence-corrected chi connectivity index (χ3v) is 3.45. The summed E-state index contributed by atoms with van der Waals surface area (Å²) in [6, 6.07) is 4.76. The van der Waals surface area contributed by atoms with Crippen molar-refractivity contribution in [2.75, 3.05) is 24.2 Å². The van der Waals surface area contributed by atoms with Crippen molar-refractivity contribution in [1.29, 1.82) is 0 Å². The Balaban J connectivity index is 2.83. The molecule has 7 heteroatoms. The molecule has 1 aromatic rings. The summed E-state index contributed by atoms with van der Waals surface area (Å²) in [6.45, 7) is 2.44. The van der Waals surface area contributed by atoms with Crippen molar-refractivity contribution < 1.29 is 15.1 Å². The van der Waals surface area contributed by atoms with Crippen molar-refractivity contribution in [3.8, 4) is 0 Å². The molecule has 6 nitrogen and oxygen atoms in total. The normalized spacial score (nSPS) is 12.2. The number of nitro groups is 1. The third-order valence-electron chi connectivity index (χ3n) is 2.33. The summed E-state index contributed by atoms with van der Waals surface area (Å²) in [6.07, 6.45) is 0.102. The molecule has 0 aliphatic carbocycles. The SMILES string of the molecule is CCCNc1cc(SCC(O)CO)cc([N+](=O)[O-])c1. The zero-order valence-corrected chi connectivity index (χ0v) is 11.5. The van der Waals surface area contributed by atoms with E-state index in [0.717, 1.165) is 13.0 Å². The second-order valence-corrected chi connectivity index (χ2v) is 5.14. The van der Waals surface area contributed by atoms with E-state index in [2.05, 4.69) is 5.32 Å². The summed E-state index contributed by atoms with van der Waals surface area (Å²) in [7, 11) is 0. The Bertz CT molecular complexity index is 428. The Hall–Kier alpha value is -1.31. The van der Waals surface area contributed by atoms with E-state index in [9.17, 15) is 15.2 Å². The van der Waals surface area contributed by atoms with Crippen LogP contribution in [0.2, 0.25) is 0 Å². The number of aliphatic hydroxyl groups excluding tert-OH is 2. The van der Waals surface area contributed by atoms with Crippen LogP contribution in [0.4, 0.5) is 11.4 Å². The van der Waals surface area contributed by atoms with Crippen molar-refractivity contribution in [1.82, 2.24) is 0 Å². The van der Waals surface area contributed by atoms with E-state index in [1.165, 1.54) is 23.9 Å². The number of hydrogen-bond donors (Lipinski definition) is 3. The van der Waals surface area contributed by atoms with Gasteiger partial charge in [-0.2, -0.15) is 0 Å². The first-order valence-corrected chi connectivity index (χ1v) is 7.00. The molecule has 0 saturated heterocycles. The molecule has 1 aromatic carbocycles. The smallest absolute Gasteiger partial charge is 0.272 e. The van der Waals surface area contributed by atoms with Crippen LogP contribution in [0.15, 0.2) is 23.1 Å². The molecule has 0 amide bonds. The maximum Gasteiger partial charge on any atom is 0.272 e. The summed E-state index contributed by atoms with van der Waals surface area (Å²) in [5.74, 6) is 0.297. The van der Waals surface area contributed by atoms with E-state index >= 15 is 0 Å². The first kappa shape index (κ1) is 15.7. The van der Waals surface area contributed by atoms with E-state index < -0.39 is 11.0 Å². The van der Waals surface area contributed by atoms with Gasteiger partial charge in [0.2, 0.25) is 0 Å². The van der Waals surface area contributed by atoms with Crippen LogP contribution in [-0.2, 0) is 0 Å². The molecular weight excluding hydrogens is 268 g/mol. The number of nitrogens with one attached hydrogen (secondary N) is 1. The highest BCUT2D eigenvalue weighted by Crippen LogP contribution is 2.28. The van der Waals surface area contributed by atoms with Gasteiger partial charge in [0.15, 0.2) is 0 Å². The quantitative estimate of drug-likeness (QED) is 0.383. The first-order chi connectivity index (χ1) is 9.06. The molecule has 1 unspecified atom stereocenters. The summed E-state index contributed by atoms with van der Waals surface area (Å²) < 4.78 is 0. The molecule has 0 saturated carbocycles. The van der Waals surface area contributed by atoms with Gasteiger partial charge in [-0.25, -0.2) is 0 Å². The molecule has 0 aromatic heterocycles. The molecule has 1 rings (SSSR count). The summed E-state index contributed by atoms with van der Waals surface area (Å²) in [5.41, 5.74) is 0.708. The maximum absolute atomic E-state index is 10.9. The number of benzene rings is 1. The van der Waals surface area contributed by atoms with Crippen LogP contribution in [0.25, 0.3) is 0 Å². The standard InChI is InChI=1S/C12H18N2O4S/c1-2-3-13-9-4-10(14(17)18)6-12(5-9)19-8-11(16)7-15/h4-6,11,13,15-16H,2-3,7-8H2,1H3. The minimum Gasteiger partial charge on any atom is -0.394 e. The van der Waals surface area contributed by atoms with Gasteiger partial charge in [-0.3, -0.25) is 10.1 Å². The molecular formula is C12H18N2O4S. The molecule has 0 fully saturated rings. The van der Waals surface area contributed by atoms with Gasteiger partial charge in [0.1, 0.15) is 0 Å². The van der Waals surface area contributed by atoms with Gasteiger partial charge in [-0.1, -0.05) is 6.92 Å². The highest BCUT2D eigenvalue weighted by atomic mass is 32.2.